The van der Waals surface area contributed by atoms with E-state index in [9.17, 15) is 27.6 Å². The van der Waals surface area contributed by atoms with Gasteiger partial charge in [-0.25, -0.2) is 5.06 Å². The Morgan fingerprint density at radius 2 is 1.76 bits per heavy atom. The third kappa shape index (κ3) is 10.8. The molecule has 2 amide bonds. The Balaban J connectivity index is 5.03. The number of hydrogen-bond donors (Lipinski definition) is 1. The van der Waals surface area contributed by atoms with Crippen molar-refractivity contribution in [3.63, 3.8) is 0 Å². The molecule has 9 heteroatoms. The summed E-state index contributed by atoms with van der Waals surface area (Å²) in [6, 6.07) is -2.06. The zero-order chi connectivity index (χ0) is 19.7. The number of nitrogens with zero attached hydrogens (tertiary/aromatic N) is 1. The van der Waals surface area contributed by atoms with Crippen molar-refractivity contribution >= 4 is 18.1 Å². The molecule has 146 valence electrons. The minimum atomic E-state index is -4.75. The Morgan fingerprint density at radius 3 is 2.20 bits per heavy atom. The minimum absolute atomic E-state index is 0.0198. The summed E-state index contributed by atoms with van der Waals surface area (Å²) < 4.78 is 38.3. The van der Waals surface area contributed by atoms with E-state index in [0.29, 0.717) is 6.42 Å². The number of Topliss-reactive ketones (excluding diaryl/α,β-unsaturated/α-hetero) is 1. The third-order valence-electron chi connectivity index (χ3n) is 3.06. The van der Waals surface area contributed by atoms with E-state index in [1.54, 1.807) is 0 Å². The van der Waals surface area contributed by atoms with Crippen LogP contribution in [0, 0.1) is 0 Å². The normalized spacial score (nSPS) is 13.2. The fraction of sp³-hybridized carbons (Fsp3) is 0.812. The molecule has 0 aromatic rings. The molecule has 0 radical (unpaired) electrons. The number of carbonyl (C=O) groups excluding carboxylic acids is 3. The first-order valence-corrected chi connectivity index (χ1v) is 8.23. The van der Waals surface area contributed by atoms with E-state index in [2.05, 4.69) is 5.32 Å². The van der Waals surface area contributed by atoms with E-state index in [0.717, 1.165) is 19.3 Å². The first kappa shape index (κ1) is 23.4. The number of unbranched alkanes of at least 4 members (excludes halogenated alkanes) is 3. The molecule has 25 heavy (non-hydrogen) atoms. The number of ketones is 1. The maximum Gasteiger partial charge on any atom is 0.391 e. The molecular formula is C16H27F3N2O4. The number of rotatable bonds is 11. The van der Waals surface area contributed by atoms with Crippen LogP contribution in [0.5, 0.6) is 0 Å². The molecule has 0 rings (SSSR count). The van der Waals surface area contributed by atoms with E-state index >= 15 is 0 Å². The molecule has 6 nitrogen and oxygen atoms in total. The van der Waals surface area contributed by atoms with Gasteiger partial charge in [0.2, 0.25) is 12.2 Å². The molecule has 0 aromatic carbocycles. The van der Waals surface area contributed by atoms with Crippen LogP contribution in [0.1, 0.15) is 59.8 Å². The number of carbonyl (C=O) groups is 3. The highest BCUT2D eigenvalue weighted by atomic mass is 19.4. The summed E-state index contributed by atoms with van der Waals surface area (Å²) in [6.07, 6.45) is -3.03. The minimum Gasteiger partial charge on any atom is -0.349 e. The van der Waals surface area contributed by atoms with Gasteiger partial charge in [0, 0.05) is 6.54 Å². The first-order valence-electron chi connectivity index (χ1n) is 8.23. The fourth-order valence-corrected chi connectivity index (χ4v) is 1.98. The van der Waals surface area contributed by atoms with Crippen molar-refractivity contribution in [1.82, 2.24) is 10.4 Å². The van der Waals surface area contributed by atoms with Gasteiger partial charge in [0.25, 0.3) is 5.91 Å². The number of nitrogens with one attached hydrogen (secondary N) is 1. The summed E-state index contributed by atoms with van der Waals surface area (Å²) in [5, 5.41) is 2.57. The van der Waals surface area contributed by atoms with Crippen LogP contribution in [0.15, 0.2) is 0 Å². The predicted molar refractivity (Wildman–Crippen MR) is 85.4 cm³/mol. The molecule has 1 unspecified atom stereocenters. The number of halogens is 3. The zero-order valence-electron chi connectivity index (χ0n) is 15.1. The van der Waals surface area contributed by atoms with Crippen molar-refractivity contribution in [3.05, 3.63) is 0 Å². The largest absolute Gasteiger partial charge is 0.391 e. The molecule has 1 N–H and O–H groups in total. The molecule has 0 aliphatic carbocycles. The van der Waals surface area contributed by atoms with Crippen LogP contribution in [0.2, 0.25) is 0 Å². The maximum atomic E-state index is 12.8. The number of alkyl halides is 3. The van der Waals surface area contributed by atoms with E-state index in [1.807, 2.05) is 6.92 Å². The Morgan fingerprint density at radius 1 is 1.16 bits per heavy atom. The molecule has 0 aromatic heterocycles. The molecule has 0 saturated carbocycles. The molecule has 1 atom stereocenters. The van der Waals surface area contributed by atoms with E-state index < -0.39 is 35.9 Å². The van der Waals surface area contributed by atoms with Crippen LogP contribution < -0.4 is 5.32 Å². The lowest BCUT2D eigenvalue weighted by molar-refractivity contribution is -0.244. The second-order valence-electron chi connectivity index (χ2n) is 6.68. The van der Waals surface area contributed by atoms with Gasteiger partial charge in [-0.05, 0) is 27.2 Å². The van der Waals surface area contributed by atoms with Crippen LogP contribution in [0.3, 0.4) is 0 Å². The summed E-state index contributed by atoms with van der Waals surface area (Å²) in [5.74, 6) is -2.51. The van der Waals surface area contributed by atoms with Crippen molar-refractivity contribution in [2.24, 2.45) is 0 Å². The molecule has 0 spiro atoms. The lowest BCUT2D eigenvalue weighted by Crippen LogP contribution is -2.51. The second kappa shape index (κ2) is 10.4. The van der Waals surface area contributed by atoms with Gasteiger partial charge in [0.15, 0.2) is 0 Å². The standard InChI is InChI=1S/C16H27F3N2O4/c1-5-6-7-8-9-20-14(24)13(23)12(10-16(17,18)19)21(11-22)25-15(2,3)4/h11-12H,5-10H2,1-4H3,(H,20,24). The van der Waals surface area contributed by atoms with Gasteiger partial charge in [0.05, 0.1) is 12.0 Å². The predicted octanol–water partition coefficient (Wildman–Crippen LogP) is 2.76. The monoisotopic (exact) mass is 368 g/mol. The zero-order valence-corrected chi connectivity index (χ0v) is 15.1. The van der Waals surface area contributed by atoms with Crippen molar-refractivity contribution in [3.8, 4) is 0 Å². The van der Waals surface area contributed by atoms with Crippen LogP contribution in [-0.4, -0.2) is 47.5 Å². The highest BCUT2D eigenvalue weighted by Gasteiger charge is 2.42. The van der Waals surface area contributed by atoms with Gasteiger partial charge < -0.3 is 5.32 Å². The number of hydroxylamine groups is 2. The first-order chi connectivity index (χ1) is 11.4. The molecular weight excluding hydrogens is 341 g/mol. The van der Waals surface area contributed by atoms with Gasteiger partial charge >= 0.3 is 6.18 Å². The lowest BCUT2D eigenvalue weighted by Gasteiger charge is -2.32. The fourth-order valence-electron chi connectivity index (χ4n) is 1.98. The van der Waals surface area contributed by atoms with Crippen LogP contribution in [0.4, 0.5) is 13.2 Å². The third-order valence-corrected chi connectivity index (χ3v) is 3.06. The molecule has 0 heterocycles. The van der Waals surface area contributed by atoms with Crippen molar-refractivity contribution in [2.75, 3.05) is 6.54 Å². The van der Waals surface area contributed by atoms with Crippen molar-refractivity contribution in [2.45, 2.75) is 77.6 Å². The van der Waals surface area contributed by atoms with E-state index in [4.69, 9.17) is 4.84 Å². The van der Waals surface area contributed by atoms with Gasteiger partial charge in [-0.3, -0.25) is 19.2 Å². The van der Waals surface area contributed by atoms with E-state index in [-0.39, 0.29) is 18.0 Å². The Kier molecular flexibility index (Phi) is 9.69. The smallest absolute Gasteiger partial charge is 0.349 e. The van der Waals surface area contributed by atoms with Crippen molar-refractivity contribution in [1.29, 1.82) is 0 Å². The summed E-state index contributed by atoms with van der Waals surface area (Å²) in [4.78, 5) is 40.2. The summed E-state index contributed by atoms with van der Waals surface area (Å²) in [5.41, 5.74) is -1.01. The van der Waals surface area contributed by atoms with Gasteiger partial charge in [-0.1, -0.05) is 26.2 Å². The highest BCUT2D eigenvalue weighted by Crippen LogP contribution is 2.25. The highest BCUT2D eigenvalue weighted by molar-refractivity contribution is 6.38. The average molecular weight is 368 g/mol. The Labute approximate surface area is 146 Å². The molecule has 0 aliphatic heterocycles. The Hall–Kier alpha value is -1.64. The second-order valence-corrected chi connectivity index (χ2v) is 6.68. The van der Waals surface area contributed by atoms with Crippen LogP contribution >= 0.6 is 0 Å². The van der Waals surface area contributed by atoms with Crippen LogP contribution in [-0.2, 0) is 19.2 Å². The summed E-state index contributed by atoms with van der Waals surface area (Å²) in [7, 11) is 0. The molecule has 0 saturated heterocycles. The molecule has 0 aliphatic rings. The number of hydrogen-bond acceptors (Lipinski definition) is 4. The van der Waals surface area contributed by atoms with Gasteiger partial charge in [0.1, 0.15) is 6.04 Å². The number of amides is 2. The SMILES string of the molecule is CCCCCCNC(=O)C(=O)C(CC(F)(F)F)N(C=O)OC(C)(C)C. The van der Waals surface area contributed by atoms with Crippen LogP contribution in [0.25, 0.3) is 0 Å². The average Bonchev–Trinajstić information content (AvgIpc) is 2.47. The Bertz CT molecular complexity index is 448. The summed E-state index contributed by atoms with van der Waals surface area (Å²) in [6.45, 7) is 6.71. The van der Waals surface area contributed by atoms with Crippen molar-refractivity contribution < 1.29 is 32.4 Å². The topological polar surface area (TPSA) is 75.7 Å². The lowest BCUT2D eigenvalue weighted by atomic mass is 10.1. The van der Waals surface area contributed by atoms with Gasteiger partial charge in [-0.15, -0.1) is 0 Å². The molecule has 0 fully saturated rings. The maximum absolute atomic E-state index is 12.8. The van der Waals surface area contributed by atoms with E-state index in [1.165, 1.54) is 20.8 Å². The van der Waals surface area contributed by atoms with Gasteiger partial charge in [-0.2, -0.15) is 13.2 Å². The molecule has 0 bridgehead atoms. The quantitative estimate of drug-likeness (QED) is 0.263. The summed E-state index contributed by atoms with van der Waals surface area (Å²) >= 11 is 0.